The minimum Gasteiger partial charge on any atom is -0.469 e. The third-order valence-corrected chi connectivity index (χ3v) is 5.06. The van der Waals surface area contributed by atoms with Gasteiger partial charge in [0.1, 0.15) is 0 Å². The van der Waals surface area contributed by atoms with Gasteiger partial charge in [0.25, 0.3) is 0 Å². The highest BCUT2D eigenvalue weighted by molar-refractivity contribution is 7.90. The van der Waals surface area contributed by atoms with Crippen molar-refractivity contribution in [1.29, 1.82) is 0 Å². The van der Waals surface area contributed by atoms with Crippen molar-refractivity contribution in [2.24, 2.45) is 5.92 Å². The number of hydrogen-bond donors (Lipinski definition) is 1. The number of hydrogen-bond acceptors (Lipinski definition) is 5. The molecule has 0 unspecified atom stereocenters. The fourth-order valence-corrected chi connectivity index (χ4v) is 3.62. The average Bonchev–Trinajstić information content (AvgIpc) is 2.47. The molecule has 0 spiro atoms. The zero-order valence-electron chi connectivity index (χ0n) is 12.3. The van der Waals surface area contributed by atoms with E-state index in [0.717, 1.165) is 25.7 Å². The largest absolute Gasteiger partial charge is 0.469 e. The number of para-hydroxylation sites is 1. The number of carbonyl (C=O) groups excluding carboxylic acids is 1. The molecule has 21 heavy (non-hydrogen) atoms. The van der Waals surface area contributed by atoms with Gasteiger partial charge in [-0.1, -0.05) is 12.1 Å². The Morgan fingerprint density at radius 1 is 1.19 bits per heavy atom. The van der Waals surface area contributed by atoms with Crippen LogP contribution < -0.4 is 5.32 Å². The molecule has 1 fully saturated rings. The summed E-state index contributed by atoms with van der Waals surface area (Å²) in [6, 6.07) is 7.11. The zero-order chi connectivity index (χ0) is 15.5. The molecule has 0 saturated heterocycles. The van der Waals surface area contributed by atoms with E-state index in [2.05, 4.69) is 5.32 Å². The maximum absolute atomic E-state index is 11.8. The van der Waals surface area contributed by atoms with Crippen molar-refractivity contribution < 1.29 is 17.9 Å². The SMILES string of the molecule is COC(=O)C1CCC(Nc2ccccc2S(C)(=O)=O)CC1. The van der Waals surface area contributed by atoms with Gasteiger partial charge in [-0.05, 0) is 37.8 Å². The maximum Gasteiger partial charge on any atom is 0.308 e. The quantitative estimate of drug-likeness (QED) is 0.863. The van der Waals surface area contributed by atoms with Gasteiger partial charge in [-0.15, -0.1) is 0 Å². The molecule has 0 atom stereocenters. The highest BCUT2D eigenvalue weighted by Gasteiger charge is 2.27. The van der Waals surface area contributed by atoms with Crippen LogP contribution in [0.25, 0.3) is 0 Å². The van der Waals surface area contributed by atoms with Crippen molar-refractivity contribution in [3.8, 4) is 0 Å². The number of ether oxygens (including phenoxy) is 1. The van der Waals surface area contributed by atoms with Crippen LogP contribution in [-0.2, 0) is 19.4 Å². The number of nitrogens with one attached hydrogen (secondary N) is 1. The Morgan fingerprint density at radius 2 is 1.81 bits per heavy atom. The lowest BCUT2D eigenvalue weighted by molar-refractivity contribution is -0.146. The van der Waals surface area contributed by atoms with E-state index in [9.17, 15) is 13.2 Å². The maximum atomic E-state index is 11.8. The van der Waals surface area contributed by atoms with Crippen LogP contribution in [0.15, 0.2) is 29.2 Å². The van der Waals surface area contributed by atoms with Crippen LogP contribution in [0.5, 0.6) is 0 Å². The second kappa shape index (κ2) is 6.47. The van der Waals surface area contributed by atoms with Gasteiger partial charge in [0, 0.05) is 12.3 Å². The van der Waals surface area contributed by atoms with E-state index in [1.54, 1.807) is 18.2 Å². The molecule has 1 aromatic rings. The Bertz CT molecular complexity index is 604. The van der Waals surface area contributed by atoms with Crippen molar-refractivity contribution >= 4 is 21.5 Å². The molecule has 6 heteroatoms. The first-order valence-corrected chi connectivity index (χ1v) is 8.94. The van der Waals surface area contributed by atoms with Crippen molar-refractivity contribution in [2.45, 2.75) is 36.6 Å². The van der Waals surface area contributed by atoms with Gasteiger partial charge in [-0.3, -0.25) is 4.79 Å². The van der Waals surface area contributed by atoms with Crippen LogP contribution in [-0.4, -0.2) is 33.8 Å². The predicted molar refractivity (Wildman–Crippen MR) is 80.9 cm³/mol. The van der Waals surface area contributed by atoms with Gasteiger partial charge in [0.15, 0.2) is 9.84 Å². The van der Waals surface area contributed by atoms with Gasteiger partial charge in [0.05, 0.1) is 23.6 Å². The van der Waals surface area contributed by atoms with Gasteiger partial charge in [-0.2, -0.15) is 0 Å². The first-order chi connectivity index (χ1) is 9.91. The van der Waals surface area contributed by atoms with Crippen LogP contribution in [0.2, 0.25) is 0 Å². The number of benzene rings is 1. The molecule has 2 rings (SSSR count). The lowest BCUT2D eigenvalue weighted by Gasteiger charge is -2.28. The molecule has 1 N–H and O–H groups in total. The summed E-state index contributed by atoms with van der Waals surface area (Å²) in [4.78, 5) is 11.8. The van der Waals surface area contributed by atoms with E-state index in [1.807, 2.05) is 6.07 Å². The normalized spacial score (nSPS) is 22.6. The number of carbonyl (C=O) groups is 1. The van der Waals surface area contributed by atoms with Crippen LogP contribution in [0.1, 0.15) is 25.7 Å². The summed E-state index contributed by atoms with van der Waals surface area (Å²) < 4.78 is 28.3. The first kappa shape index (κ1) is 15.8. The molecule has 0 bridgehead atoms. The lowest BCUT2D eigenvalue weighted by atomic mass is 9.86. The van der Waals surface area contributed by atoms with Crippen LogP contribution in [0, 0.1) is 5.92 Å². The molecular formula is C15H21NO4S. The Labute approximate surface area is 125 Å². The molecule has 1 aromatic carbocycles. The summed E-state index contributed by atoms with van der Waals surface area (Å²) in [5.41, 5.74) is 0.640. The standard InChI is InChI=1S/C15H21NO4S/c1-20-15(17)11-7-9-12(10-8-11)16-13-5-3-4-6-14(13)21(2,18)19/h3-6,11-12,16H,7-10H2,1-2H3. The van der Waals surface area contributed by atoms with Crippen LogP contribution in [0.4, 0.5) is 5.69 Å². The fourth-order valence-electron chi connectivity index (χ4n) is 2.77. The Hall–Kier alpha value is -1.56. The summed E-state index contributed by atoms with van der Waals surface area (Å²) in [7, 11) is -1.84. The molecule has 0 radical (unpaired) electrons. The van der Waals surface area contributed by atoms with E-state index in [1.165, 1.54) is 13.4 Å². The summed E-state index contributed by atoms with van der Waals surface area (Å²) >= 11 is 0. The third-order valence-electron chi connectivity index (χ3n) is 3.91. The molecule has 0 aliphatic heterocycles. The average molecular weight is 311 g/mol. The summed E-state index contributed by atoms with van der Waals surface area (Å²) in [5, 5.41) is 3.30. The second-order valence-electron chi connectivity index (χ2n) is 5.48. The smallest absolute Gasteiger partial charge is 0.308 e. The van der Waals surface area contributed by atoms with Crippen LogP contribution >= 0.6 is 0 Å². The Balaban J connectivity index is 2.03. The second-order valence-corrected chi connectivity index (χ2v) is 7.47. The van der Waals surface area contributed by atoms with Crippen molar-refractivity contribution in [3.05, 3.63) is 24.3 Å². The Morgan fingerprint density at radius 3 is 2.38 bits per heavy atom. The molecule has 0 aromatic heterocycles. The molecule has 0 amide bonds. The van der Waals surface area contributed by atoms with E-state index in [-0.39, 0.29) is 17.9 Å². The van der Waals surface area contributed by atoms with Crippen molar-refractivity contribution in [3.63, 3.8) is 0 Å². The number of rotatable bonds is 4. The van der Waals surface area contributed by atoms with Gasteiger partial charge < -0.3 is 10.1 Å². The molecule has 5 nitrogen and oxygen atoms in total. The summed E-state index contributed by atoms with van der Waals surface area (Å²) in [6.07, 6.45) is 4.41. The summed E-state index contributed by atoms with van der Waals surface area (Å²) in [5.74, 6) is -0.178. The minimum atomic E-state index is -3.25. The number of anilines is 1. The number of methoxy groups -OCH3 is 1. The minimum absolute atomic E-state index is 0.0294. The van der Waals surface area contributed by atoms with E-state index in [0.29, 0.717) is 10.6 Å². The number of esters is 1. The van der Waals surface area contributed by atoms with Gasteiger partial charge in [0.2, 0.25) is 0 Å². The lowest BCUT2D eigenvalue weighted by Crippen LogP contribution is -2.30. The highest BCUT2D eigenvalue weighted by atomic mass is 32.2. The topological polar surface area (TPSA) is 72.5 Å². The molecule has 1 aliphatic carbocycles. The zero-order valence-corrected chi connectivity index (χ0v) is 13.2. The van der Waals surface area contributed by atoms with Crippen molar-refractivity contribution in [1.82, 2.24) is 0 Å². The predicted octanol–water partition coefficient (Wildman–Crippen LogP) is 2.23. The third kappa shape index (κ3) is 3.97. The molecule has 1 aliphatic rings. The van der Waals surface area contributed by atoms with E-state index in [4.69, 9.17) is 4.74 Å². The van der Waals surface area contributed by atoms with E-state index >= 15 is 0 Å². The van der Waals surface area contributed by atoms with Crippen molar-refractivity contribution in [2.75, 3.05) is 18.7 Å². The summed E-state index contributed by atoms with van der Waals surface area (Å²) in [6.45, 7) is 0. The van der Waals surface area contributed by atoms with E-state index < -0.39 is 9.84 Å². The fraction of sp³-hybridized carbons (Fsp3) is 0.533. The van der Waals surface area contributed by atoms with Gasteiger partial charge in [-0.25, -0.2) is 8.42 Å². The highest BCUT2D eigenvalue weighted by Crippen LogP contribution is 2.29. The molecular weight excluding hydrogens is 290 g/mol. The Kier molecular flexibility index (Phi) is 4.88. The van der Waals surface area contributed by atoms with Crippen LogP contribution in [0.3, 0.4) is 0 Å². The molecule has 116 valence electrons. The molecule has 0 heterocycles. The first-order valence-electron chi connectivity index (χ1n) is 7.05. The molecule has 1 saturated carbocycles. The number of sulfone groups is 1. The van der Waals surface area contributed by atoms with Gasteiger partial charge >= 0.3 is 5.97 Å². The monoisotopic (exact) mass is 311 g/mol.